The van der Waals surface area contributed by atoms with Crippen LogP contribution in [0, 0.1) is 13.8 Å². The Kier molecular flexibility index (Phi) is 3.85. The second-order valence-electron chi connectivity index (χ2n) is 4.35. The van der Waals surface area contributed by atoms with Gasteiger partial charge in [-0.05, 0) is 59.1 Å². The van der Waals surface area contributed by atoms with E-state index in [1.54, 1.807) is 12.1 Å². The fourth-order valence-electron chi connectivity index (χ4n) is 1.61. The van der Waals surface area contributed by atoms with Crippen LogP contribution in [0.25, 0.3) is 0 Å². The predicted octanol–water partition coefficient (Wildman–Crippen LogP) is 3.30. The van der Waals surface area contributed by atoms with Crippen molar-refractivity contribution in [1.29, 1.82) is 0 Å². The molecule has 0 saturated carbocycles. The van der Waals surface area contributed by atoms with Crippen LogP contribution < -0.4 is 11.1 Å². The second kappa shape index (κ2) is 5.40. The van der Waals surface area contributed by atoms with Crippen molar-refractivity contribution in [3.63, 3.8) is 0 Å². The van der Waals surface area contributed by atoms with Crippen LogP contribution in [0.5, 0.6) is 0 Å². The Morgan fingerprint density at radius 3 is 2.63 bits per heavy atom. The second-order valence-corrected chi connectivity index (χ2v) is 5.21. The number of nitrogens with two attached hydrogens (primary N) is 1. The normalized spacial score (nSPS) is 10.3. The molecule has 1 heterocycles. The molecule has 4 nitrogen and oxygen atoms in total. The zero-order chi connectivity index (χ0) is 14.0. The van der Waals surface area contributed by atoms with Crippen LogP contribution in [-0.2, 0) is 0 Å². The van der Waals surface area contributed by atoms with Gasteiger partial charge in [0.1, 0.15) is 5.82 Å². The summed E-state index contributed by atoms with van der Waals surface area (Å²) in [6.07, 6.45) is 1.50. The molecule has 5 heteroatoms. The highest BCUT2D eigenvalue weighted by atomic mass is 79.9. The van der Waals surface area contributed by atoms with Gasteiger partial charge >= 0.3 is 0 Å². The quantitative estimate of drug-likeness (QED) is 0.892. The maximum absolute atomic E-state index is 12.1. The molecule has 0 aliphatic rings. The van der Waals surface area contributed by atoms with Crippen molar-refractivity contribution in [2.45, 2.75) is 13.8 Å². The first-order chi connectivity index (χ1) is 8.97. The number of hydrogen-bond acceptors (Lipinski definition) is 3. The van der Waals surface area contributed by atoms with Crippen molar-refractivity contribution in [2.75, 3.05) is 11.1 Å². The lowest BCUT2D eigenvalue weighted by Gasteiger charge is -2.08. The van der Waals surface area contributed by atoms with Gasteiger partial charge in [0.05, 0.1) is 16.4 Å². The summed E-state index contributed by atoms with van der Waals surface area (Å²) in [7, 11) is 0. The zero-order valence-electron chi connectivity index (χ0n) is 10.7. The lowest BCUT2D eigenvalue weighted by molar-refractivity contribution is 0.102. The van der Waals surface area contributed by atoms with Gasteiger partial charge in [-0.25, -0.2) is 4.98 Å². The molecule has 0 radical (unpaired) electrons. The van der Waals surface area contributed by atoms with E-state index < -0.39 is 0 Å². The minimum Gasteiger partial charge on any atom is -0.397 e. The third-order valence-corrected chi connectivity index (χ3v) is 3.47. The third-order valence-electron chi connectivity index (χ3n) is 2.86. The number of benzene rings is 1. The topological polar surface area (TPSA) is 68.0 Å². The predicted molar refractivity (Wildman–Crippen MR) is 80.2 cm³/mol. The van der Waals surface area contributed by atoms with E-state index in [0.717, 1.165) is 11.1 Å². The Bertz CT molecular complexity index is 641. The number of aromatic nitrogens is 1. The van der Waals surface area contributed by atoms with Gasteiger partial charge in [0.15, 0.2) is 0 Å². The molecule has 2 rings (SSSR count). The van der Waals surface area contributed by atoms with Crippen LogP contribution in [0.2, 0.25) is 0 Å². The molecule has 0 atom stereocenters. The van der Waals surface area contributed by atoms with Crippen molar-refractivity contribution in [3.05, 3.63) is 51.6 Å². The number of aryl methyl sites for hydroxylation is 2. The molecule has 1 amide bonds. The Labute approximate surface area is 120 Å². The van der Waals surface area contributed by atoms with Gasteiger partial charge in [0.25, 0.3) is 5.91 Å². The van der Waals surface area contributed by atoms with Gasteiger partial charge in [0.2, 0.25) is 0 Å². The number of halogens is 1. The van der Waals surface area contributed by atoms with E-state index >= 15 is 0 Å². The molecule has 0 aliphatic carbocycles. The minimum absolute atomic E-state index is 0.193. The number of nitrogens with one attached hydrogen (secondary N) is 1. The van der Waals surface area contributed by atoms with Crippen molar-refractivity contribution < 1.29 is 4.79 Å². The first kappa shape index (κ1) is 13.5. The average Bonchev–Trinajstić information content (AvgIpc) is 2.36. The van der Waals surface area contributed by atoms with Gasteiger partial charge < -0.3 is 11.1 Å². The molecule has 3 N–H and O–H groups in total. The fraction of sp³-hybridized carbons (Fsp3) is 0.143. The molecule has 2 aromatic rings. The first-order valence-electron chi connectivity index (χ1n) is 5.77. The lowest BCUT2D eigenvalue weighted by atomic mass is 10.1. The molecule has 1 aromatic carbocycles. The molecule has 19 heavy (non-hydrogen) atoms. The highest BCUT2D eigenvalue weighted by Gasteiger charge is 2.10. The fourth-order valence-corrected chi connectivity index (χ4v) is 2.07. The SMILES string of the molecule is Cc1ccc(C(=O)Nc2ncc(N)cc2Br)cc1C. The number of carbonyl (C=O) groups is 1. The van der Waals surface area contributed by atoms with E-state index in [-0.39, 0.29) is 5.91 Å². The van der Waals surface area contributed by atoms with Crippen LogP contribution >= 0.6 is 15.9 Å². The molecule has 0 fully saturated rings. The van der Waals surface area contributed by atoms with Gasteiger partial charge in [0, 0.05) is 5.56 Å². The molecule has 0 aliphatic heterocycles. The van der Waals surface area contributed by atoms with Crippen molar-refractivity contribution in [1.82, 2.24) is 4.98 Å². The number of hydrogen-bond donors (Lipinski definition) is 2. The molecule has 1 aromatic heterocycles. The van der Waals surface area contributed by atoms with Crippen molar-refractivity contribution >= 4 is 33.3 Å². The Hall–Kier alpha value is -1.88. The van der Waals surface area contributed by atoms with E-state index in [4.69, 9.17) is 5.73 Å². The highest BCUT2D eigenvalue weighted by molar-refractivity contribution is 9.10. The first-order valence-corrected chi connectivity index (χ1v) is 6.56. The number of carbonyl (C=O) groups excluding carboxylic acids is 1. The monoisotopic (exact) mass is 319 g/mol. The number of rotatable bonds is 2. The summed E-state index contributed by atoms with van der Waals surface area (Å²) >= 11 is 3.32. The smallest absolute Gasteiger partial charge is 0.256 e. The average molecular weight is 320 g/mol. The molecular weight excluding hydrogens is 306 g/mol. The van der Waals surface area contributed by atoms with Crippen LogP contribution in [0.1, 0.15) is 21.5 Å². The Morgan fingerprint density at radius 2 is 2.00 bits per heavy atom. The van der Waals surface area contributed by atoms with Crippen LogP contribution in [-0.4, -0.2) is 10.9 Å². The zero-order valence-corrected chi connectivity index (χ0v) is 12.3. The number of pyridine rings is 1. The number of nitrogens with zero attached hydrogens (tertiary/aromatic N) is 1. The molecule has 0 unspecified atom stereocenters. The van der Waals surface area contributed by atoms with Gasteiger partial charge in [-0.1, -0.05) is 6.07 Å². The van der Waals surface area contributed by atoms with Crippen LogP contribution in [0.3, 0.4) is 0 Å². The van der Waals surface area contributed by atoms with Crippen molar-refractivity contribution in [3.8, 4) is 0 Å². The molecule has 0 spiro atoms. The van der Waals surface area contributed by atoms with Gasteiger partial charge in [-0.3, -0.25) is 4.79 Å². The maximum atomic E-state index is 12.1. The number of anilines is 2. The summed E-state index contributed by atoms with van der Waals surface area (Å²) in [6.45, 7) is 3.98. The molecule has 0 saturated heterocycles. The molecule has 98 valence electrons. The van der Waals surface area contributed by atoms with Gasteiger partial charge in [-0.15, -0.1) is 0 Å². The Balaban J connectivity index is 2.23. The third kappa shape index (κ3) is 3.12. The lowest BCUT2D eigenvalue weighted by Crippen LogP contribution is -2.13. The van der Waals surface area contributed by atoms with Gasteiger partial charge in [-0.2, -0.15) is 0 Å². The number of amides is 1. The Morgan fingerprint density at radius 1 is 1.26 bits per heavy atom. The summed E-state index contributed by atoms with van der Waals surface area (Å²) in [5, 5.41) is 2.75. The summed E-state index contributed by atoms with van der Waals surface area (Å²) < 4.78 is 0.657. The van der Waals surface area contributed by atoms with Crippen LogP contribution in [0.4, 0.5) is 11.5 Å². The highest BCUT2D eigenvalue weighted by Crippen LogP contribution is 2.22. The van der Waals surface area contributed by atoms with E-state index in [1.807, 2.05) is 26.0 Å². The molecule has 0 bridgehead atoms. The summed E-state index contributed by atoms with van der Waals surface area (Å²) in [5.74, 6) is 0.262. The van der Waals surface area contributed by atoms with E-state index in [2.05, 4.69) is 26.2 Å². The molecular formula is C14H14BrN3O. The maximum Gasteiger partial charge on any atom is 0.256 e. The van der Waals surface area contributed by atoms with E-state index in [1.165, 1.54) is 6.20 Å². The van der Waals surface area contributed by atoms with E-state index in [9.17, 15) is 4.79 Å². The van der Waals surface area contributed by atoms with Crippen molar-refractivity contribution in [2.24, 2.45) is 0 Å². The van der Waals surface area contributed by atoms with Crippen LogP contribution in [0.15, 0.2) is 34.9 Å². The summed E-state index contributed by atoms with van der Waals surface area (Å²) in [4.78, 5) is 16.2. The summed E-state index contributed by atoms with van der Waals surface area (Å²) in [6, 6.07) is 7.28. The number of nitrogen functional groups attached to an aromatic ring is 1. The summed E-state index contributed by atoms with van der Waals surface area (Å²) in [5.41, 5.74) is 8.98. The standard InChI is InChI=1S/C14H14BrN3O/c1-8-3-4-10(5-9(8)2)14(19)18-13-12(15)6-11(16)7-17-13/h3-7H,16H2,1-2H3,(H,17,18,19). The van der Waals surface area contributed by atoms with E-state index in [0.29, 0.717) is 21.5 Å². The minimum atomic E-state index is -0.193. The largest absolute Gasteiger partial charge is 0.397 e.